The molecule has 2 aliphatic heterocycles. The van der Waals surface area contributed by atoms with Gasteiger partial charge in [0.25, 0.3) is 10.2 Å². The number of hydrogen-bond donors (Lipinski definition) is 3. The summed E-state index contributed by atoms with van der Waals surface area (Å²) < 4.78 is 25.2. The highest BCUT2D eigenvalue weighted by atomic mass is 35.5. The third kappa shape index (κ3) is 8.18. The molecule has 0 spiro atoms. The van der Waals surface area contributed by atoms with E-state index in [4.69, 9.17) is 16.7 Å². The lowest BCUT2D eigenvalue weighted by Crippen LogP contribution is -2.58. The fourth-order valence-corrected chi connectivity index (χ4v) is 6.39. The van der Waals surface area contributed by atoms with Gasteiger partial charge in [0.15, 0.2) is 0 Å². The van der Waals surface area contributed by atoms with Crippen molar-refractivity contribution in [3.05, 3.63) is 65.2 Å². The smallest absolute Gasteiger partial charge is 0.277 e. The Hall–Kier alpha value is -3.27. The van der Waals surface area contributed by atoms with Gasteiger partial charge < -0.3 is 15.3 Å². The summed E-state index contributed by atoms with van der Waals surface area (Å²) in [7, 11) is -3.81. The zero-order chi connectivity index (χ0) is 30.3. The summed E-state index contributed by atoms with van der Waals surface area (Å²) in [4.78, 5) is 17.4. The van der Waals surface area contributed by atoms with Gasteiger partial charge in [-0.15, -0.1) is 5.11 Å². The number of benzene rings is 2. The van der Waals surface area contributed by atoms with Crippen LogP contribution < -0.4 is 10.5 Å². The molecule has 42 heavy (non-hydrogen) atoms. The van der Waals surface area contributed by atoms with Crippen molar-refractivity contribution in [1.82, 2.24) is 14.1 Å². The SMILES string of the molecule is CCN=NN=Nc1ccc(Cl)cc1/C=C/C(=O)N1CC(N2CCN(S(N)(=O)=O)C(C)C2)CC1C(O)Nc1ccccc1. The summed E-state index contributed by atoms with van der Waals surface area (Å²) >= 11 is 6.20. The van der Waals surface area contributed by atoms with E-state index in [0.29, 0.717) is 48.9 Å². The molecule has 13 nitrogen and oxygen atoms in total. The Bertz CT molecular complexity index is 1420. The Kier molecular flexibility index (Phi) is 10.8. The third-order valence-corrected chi connectivity index (χ3v) is 8.72. The quantitative estimate of drug-likeness (QED) is 0.160. The van der Waals surface area contributed by atoms with Gasteiger partial charge in [-0.05, 0) is 67.1 Å². The molecule has 0 aliphatic carbocycles. The number of aliphatic hydroxyl groups is 1. The number of anilines is 1. The molecule has 2 aliphatic rings. The summed E-state index contributed by atoms with van der Waals surface area (Å²) in [6.07, 6.45) is 2.47. The summed E-state index contributed by atoms with van der Waals surface area (Å²) in [5.74, 6) is -0.304. The van der Waals surface area contributed by atoms with Crippen molar-refractivity contribution in [3.63, 3.8) is 0 Å². The second-order valence-corrected chi connectivity index (χ2v) is 12.1. The molecule has 4 N–H and O–H groups in total. The lowest BCUT2D eigenvalue weighted by Gasteiger charge is -2.40. The molecule has 0 radical (unpaired) electrons. The molecule has 15 heteroatoms. The standard InChI is InChI=1S/C27H36ClN9O4S/c1-3-30-33-34-32-24-11-10-21(28)15-20(24)9-12-26(38)36-18-23(35-13-14-37(19(2)17-35)42(29,40)41)16-25(36)27(39)31-22-7-5-4-6-8-22/h4-12,15,19,23,25,27,31,39H,3,13-14,16-18H2,1-2H3,(H2,29,40,41)/b12-9+,33-30?,34-32?. The van der Waals surface area contributed by atoms with Crippen LogP contribution in [0.4, 0.5) is 11.4 Å². The molecule has 2 heterocycles. The minimum Gasteiger partial charge on any atom is -0.372 e. The van der Waals surface area contributed by atoms with Crippen LogP contribution in [0.1, 0.15) is 25.8 Å². The number of aliphatic hydroxyl groups excluding tert-OH is 1. The fraction of sp³-hybridized carbons (Fsp3) is 0.444. The average Bonchev–Trinajstić information content (AvgIpc) is 3.41. The number of para-hydroxylation sites is 1. The van der Waals surface area contributed by atoms with Crippen molar-refractivity contribution in [2.75, 3.05) is 38.0 Å². The van der Waals surface area contributed by atoms with Crippen molar-refractivity contribution >= 4 is 45.2 Å². The molecule has 1 amide bonds. The Morgan fingerprint density at radius 3 is 2.64 bits per heavy atom. The van der Waals surface area contributed by atoms with Gasteiger partial charge in [-0.25, -0.2) is 5.14 Å². The van der Waals surface area contributed by atoms with Crippen LogP contribution in [-0.4, -0.2) is 90.6 Å². The zero-order valence-corrected chi connectivity index (χ0v) is 25.1. The number of rotatable bonds is 10. The van der Waals surface area contributed by atoms with Crippen LogP contribution in [0.25, 0.3) is 6.08 Å². The number of nitrogens with one attached hydrogen (secondary N) is 1. The molecular weight excluding hydrogens is 582 g/mol. The molecule has 2 aromatic carbocycles. The van der Waals surface area contributed by atoms with E-state index >= 15 is 0 Å². The second kappa shape index (κ2) is 14.3. The van der Waals surface area contributed by atoms with Crippen LogP contribution >= 0.6 is 11.6 Å². The molecule has 226 valence electrons. The first kappa shape index (κ1) is 31.7. The zero-order valence-electron chi connectivity index (χ0n) is 23.5. The molecule has 4 rings (SSSR count). The van der Waals surface area contributed by atoms with E-state index in [-0.39, 0.29) is 24.5 Å². The maximum atomic E-state index is 13.6. The minimum absolute atomic E-state index is 0.0934. The highest BCUT2D eigenvalue weighted by Crippen LogP contribution is 2.29. The van der Waals surface area contributed by atoms with E-state index in [0.717, 1.165) is 5.69 Å². The van der Waals surface area contributed by atoms with E-state index in [1.165, 1.54) is 10.4 Å². The minimum atomic E-state index is -3.81. The van der Waals surface area contributed by atoms with Gasteiger partial charge in [0.2, 0.25) is 5.91 Å². The van der Waals surface area contributed by atoms with Crippen LogP contribution in [0.2, 0.25) is 5.02 Å². The van der Waals surface area contributed by atoms with E-state index in [2.05, 4.69) is 30.9 Å². The number of likely N-dealkylation sites (tertiary alicyclic amines) is 1. The number of amides is 1. The molecule has 0 aromatic heterocycles. The lowest BCUT2D eigenvalue weighted by atomic mass is 10.1. The highest BCUT2D eigenvalue weighted by Gasteiger charge is 2.43. The third-order valence-electron chi connectivity index (χ3n) is 7.29. The van der Waals surface area contributed by atoms with Gasteiger partial charge in [-0.2, -0.15) is 17.8 Å². The van der Waals surface area contributed by atoms with Crippen molar-refractivity contribution in [3.8, 4) is 0 Å². The molecule has 2 saturated heterocycles. The maximum Gasteiger partial charge on any atom is 0.277 e. The van der Waals surface area contributed by atoms with E-state index in [9.17, 15) is 18.3 Å². The molecule has 2 aromatic rings. The van der Waals surface area contributed by atoms with Gasteiger partial charge in [-0.1, -0.05) is 29.8 Å². The number of carbonyl (C=O) groups excluding carboxylic acids is 1. The monoisotopic (exact) mass is 617 g/mol. The number of nitrogens with zero attached hydrogens (tertiary/aromatic N) is 7. The van der Waals surface area contributed by atoms with Crippen LogP contribution in [0, 0.1) is 0 Å². The lowest BCUT2D eigenvalue weighted by molar-refractivity contribution is -0.128. The molecule has 4 atom stereocenters. The normalized spacial score (nSPS) is 23.4. The first-order chi connectivity index (χ1) is 20.1. The second-order valence-electron chi connectivity index (χ2n) is 10.2. The van der Waals surface area contributed by atoms with Crippen molar-refractivity contribution in [1.29, 1.82) is 0 Å². The van der Waals surface area contributed by atoms with E-state index < -0.39 is 22.5 Å². The maximum absolute atomic E-state index is 13.6. The van der Waals surface area contributed by atoms with Crippen molar-refractivity contribution < 1.29 is 18.3 Å². The van der Waals surface area contributed by atoms with E-state index in [1.807, 2.05) is 44.2 Å². The number of halogens is 1. The first-order valence-electron chi connectivity index (χ1n) is 13.7. The summed E-state index contributed by atoms with van der Waals surface area (Å²) in [6, 6.07) is 13.3. The Balaban J connectivity index is 1.55. The average molecular weight is 618 g/mol. The summed E-state index contributed by atoms with van der Waals surface area (Å²) in [6.45, 7) is 5.64. The number of carbonyl (C=O) groups is 1. The number of hydrogen-bond acceptors (Lipinski definition) is 8. The predicted octanol–water partition coefficient (Wildman–Crippen LogP) is 3.43. The molecule has 4 unspecified atom stereocenters. The van der Waals surface area contributed by atoms with Crippen LogP contribution in [-0.2, 0) is 15.0 Å². The Morgan fingerprint density at radius 1 is 1.19 bits per heavy atom. The first-order valence-corrected chi connectivity index (χ1v) is 15.5. The van der Waals surface area contributed by atoms with Crippen LogP contribution in [0.15, 0.2) is 75.3 Å². The Labute approximate surface area is 250 Å². The van der Waals surface area contributed by atoms with Gasteiger partial charge in [0, 0.05) is 60.6 Å². The number of piperazine rings is 1. The Morgan fingerprint density at radius 2 is 1.95 bits per heavy atom. The highest BCUT2D eigenvalue weighted by molar-refractivity contribution is 7.86. The molecule has 0 bridgehead atoms. The summed E-state index contributed by atoms with van der Waals surface area (Å²) in [5.41, 5.74) is 1.75. The van der Waals surface area contributed by atoms with Crippen molar-refractivity contribution in [2.45, 2.75) is 44.6 Å². The number of nitrogens with two attached hydrogens (primary N) is 1. The van der Waals surface area contributed by atoms with Gasteiger partial charge >= 0.3 is 0 Å². The van der Waals surface area contributed by atoms with Gasteiger partial charge in [0.05, 0.1) is 18.3 Å². The topological polar surface area (TPSA) is 169 Å². The molecule has 2 fully saturated rings. The summed E-state index contributed by atoms with van der Waals surface area (Å²) in [5, 5.41) is 35.3. The molecular formula is C27H36ClN9O4S. The predicted molar refractivity (Wildman–Crippen MR) is 161 cm³/mol. The van der Waals surface area contributed by atoms with Crippen molar-refractivity contribution in [2.24, 2.45) is 25.8 Å². The fourth-order valence-electron chi connectivity index (χ4n) is 5.31. The molecule has 0 saturated carbocycles. The van der Waals surface area contributed by atoms with Crippen LogP contribution in [0.3, 0.4) is 0 Å². The van der Waals surface area contributed by atoms with Gasteiger partial charge in [-0.3, -0.25) is 9.69 Å². The van der Waals surface area contributed by atoms with Crippen LogP contribution in [0.5, 0.6) is 0 Å². The largest absolute Gasteiger partial charge is 0.372 e. The van der Waals surface area contributed by atoms with E-state index in [1.54, 1.807) is 29.2 Å². The van der Waals surface area contributed by atoms with Gasteiger partial charge in [0.1, 0.15) is 6.23 Å².